The molecule has 5 nitrogen and oxygen atoms in total. The van der Waals surface area contributed by atoms with Crippen molar-refractivity contribution in [2.24, 2.45) is 4.99 Å². The minimum Gasteiger partial charge on any atom is -0.356 e. The molecule has 0 heterocycles. The molecule has 0 fully saturated rings. The van der Waals surface area contributed by atoms with Crippen molar-refractivity contribution in [2.75, 3.05) is 25.6 Å². The number of aryl methyl sites for hydroxylation is 1. The molecule has 0 aliphatic heterocycles. The number of nitrogens with one attached hydrogen (secondary N) is 2. The summed E-state index contributed by atoms with van der Waals surface area (Å²) in [6, 6.07) is 8.70. The van der Waals surface area contributed by atoms with Crippen LogP contribution in [-0.2, 0) is 22.7 Å². The number of nitrogens with zero attached hydrogens (tertiary/aromatic N) is 1. The first-order chi connectivity index (χ1) is 10.8. The maximum absolute atomic E-state index is 11.2. The molecule has 6 heteroatoms. The molecule has 0 spiro atoms. The largest absolute Gasteiger partial charge is 0.356 e. The van der Waals surface area contributed by atoms with Gasteiger partial charge in [-0.25, -0.2) is 8.42 Å². The molecule has 0 amide bonds. The maximum atomic E-state index is 11.2. The van der Waals surface area contributed by atoms with Gasteiger partial charge >= 0.3 is 0 Å². The van der Waals surface area contributed by atoms with Crippen LogP contribution in [0.3, 0.4) is 0 Å². The second kappa shape index (κ2) is 9.55. The highest BCUT2D eigenvalue weighted by Gasteiger charge is 2.09. The molecule has 1 rings (SSSR count). The number of sulfone groups is 1. The Morgan fingerprint density at radius 2 is 1.83 bits per heavy atom. The van der Waals surface area contributed by atoms with Crippen LogP contribution in [0.5, 0.6) is 0 Å². The lowest BCUT2D eigenvalue weighted by atomic mass is 10.1. The van der Waals surface area contributed by atoms with Crippen molar-refractivity contribution in [1.29, 1.82) is 0 Å². The van der Waals surface area contributed by atoms with E-state index in [2.05, 4.69) is 46.8 Å². The van der Waals surface area contributed by atoms with Gasteiger partial charge < -0.3 is 10.6 Å². The average Bonchev–Trinajstić information content (AvgIpc) is 2.52. The van der Waals surface area contributed by atoms with Gasteiger partial charge in [0, 0.05) is 25.9 Å². The van der Waals surface area contributed by atoms with Crippen molar-refractivity contribution in [1.82, 2.24) is 10.6 Å². The van der Waals surface area contributed by atoms with Crippen LogP contribution < -0.4 is 10.6 Å². The lowest BCUT2D eigenvalue weighted by Gasteiger charge is -2.17. The van der Waals surface area contributed by atoms with E-state index in [4.69, 9.17) is 0 Å². The Kier molecular flexibility index (Phi) is 8.09. The molecule has 0 saturated carbocycles. The smallest absolute Gasteiger partial charge is 0.191 e. The van der Waals surface area contributed by atoms with E-state index in [1.807, 2.05) is 6.92 Å². The first kappa shape index (κ1) is 19.5. The van der Waals surface area contributed by atoms with E-state index in [0.717, 1.165) is 19.4 Å². The van der Waals surface area contributed by atoms with Gasteiger partial charge in [-0.05, 0) is 37.3 Å². The van der Waals surface area contributed by atoms with Crippen LogP contribution in [0, 0.1) is 0 Å². The quantitative estimate of drug-likeness (QED) is 0.559. The molecule has 0 aromatic heterocycles. The second-order valence-corrected chi connectivity index (χ2v) is 8.14. The van der Waals surface area contributed by atoms with Gasteiger partial charge in [0.15, 0.2) is 5.96 Å². The maximum Gasteiger partial charge on any atom is 0.191 e. The second-order valence-electron chi connectivity index (χ2n) is 5.88. The van der Waals surface area contributed by atoms with Gasteiger partial charge in [-0.15, -0.1) is 0 Å². The first-order valence-corrected chi connectivity index (χ1v) is 10.1. The fraction of sp³-hybridized carbons (Fsp3) is 0.588. The van der Waals surface area contributed by atoms with Gasteiger partial charge in [0.05, 0.1) is 5.75 Å². The molecule has 23 heavy (non-hydrogen) atoms. The molecule has 0 bridgehead atoms. The Morgan fingerprint density at radius 1 is 1.22 bits per heavy atom. The predicted octanol–water partition coefficient (Wildman–Crippen LogP) is 1.78. The molecule has 1 unspecified atom stereocenters. The normalized spacial score (nSPS) is 13.7. The van der Waals surface area contributed by atoms with Crippen LogP contribution in [0.25, 0.3) is 0 Å². The number of hydrogen-bond donors (Lipinski definition) is 2. The molecule has 130 valence electrons. The number of hydrogen-bond acceptors (Lipinski definition) is 3. The van der Waals surface area contributed by atoms with E-state index in [0.29, 0.717) is 12.4 Å². The Balaban J connectivity index is 2.35. The molecule has 1 atom stereocenters. The summed E-state index contributed by atoms with van der Waals surface area (Å²) in [4.78, 5) is 4.18. The summed E-state index contributed by atoms with van der Waals surface area (Å²) in [6.45, 7) is 4.89. The third-order valence-electron chi connectivity index (χ3n) is 3.67. The topological polar surface area (TPSA) is 70.6 Å². The Hall–Kier alpha value is -1.56. The lowest BCUT2D eigenvalue weighted by Crippen LogP contribution is -2.43. The van der Waals surface area contributed by atoms with Gasteiger partial charge in [-0.2, -0.15) is 0 Å². The van der Waals surface area contributed by atoms with Crippen LogP contribution in [0.15, 0.2) is 29.3 Å². The fourth-order valence-corrected chi connectivity index (χ4v) is 2.94. The molecule has 0 radical (unpaired) electrons. The zero-order valence-electron chi connectivity index (χ0n) is 14.6. The molecule has 0 aliphatic rings. The number of rotatable bonds is 8. The van der Waals surface area contributed by atoms with Crippen LogP contribution in [0.4, 0.5) is 0 Å². The number of benzene rings is 1. The van der Waals surface area contributed by atoms with E-state index >= 15 is 0 Å². The molecule has 2 N–H and O–H groups in total. The Bertz CT molecular complexity index is 595. The van der Waals surface area contributed by atoms with Gasteiger partial charge in [0.1, 0.15) is 9.84 Å². The highest BCUT2D eigenvalue weighted by atomic mass is 32.2. The van der Waals surface area contributed by atoms with Crippen molar-refractivity contribution in [3.05, 3.63) is 35.4 Å². The minimum absolute atomic E-state index is 0.0553. The highest BCUT2D eigenvalue weighted by molar-refractivity contribution is 7.90. The average molecular weight is 340 g/mol. The Morgan fingerprint density at radius 3 is 2.35 bits per heavy atom. The van der Waals surface area contributed by atoms with Gasteiger partial charge in [0.2, 0.25) is 0 Å². The van der Waals surface area contributed by atoms with E-state index < -0.39 is 9.84 Å². The monoisotopic (exact) mass is 339 g/mol. The summed E-state index contributed by atoms with van der Waals surface area (Å²) in [5.74, 6) is 0.887. The van der Waals surface area contributed by atoms with E-state index in [1.165, 1.54) is 17.4 Å². The lowest BCUT2D eigenvalue weighted by molar-refractivity contribution is 0.581. The summed E-state index contributed by atoms with van der Waals surface area (Å²) >= 11 is 0. The van der Waals surface area contributed by atoms with Gasteiger partial charge in [-0.3, -0.25) is 4.99 Å². The first-order valence-electron chi connectivity index (χ1n) is 8.06. The molecular weight excluding hydrogens is 310 g/mol. The molecule has 0 saturated heterocycles. The minimum atomic E-state index is -2.92. The summed E-state index contributed by atoms with van der Waals surface area (Å²) in [7, 11) is -1.20. The zero-order chi connectivity index (χ0) is 17.3. The molecular formula is C17H29N3O2S. The zero-order valence-corrected chi connectivity index (χ0v) is 15.4. The van der Waals surface area contributed by atoms with Gasteiger partial charge in [0.25, 0.3) is 0 Å². The standard InChI is InChI=1S/C17H29N3O2S/c1-5-15-6-8-16(9-7-15)10-12-19-17(18-3)20-14(2)11-13-23(4,21)22/h6-9,14H,5,10-13H2,1-4H3,(H2,18,19,20). The van der Waals surface area contributed by atoms with Crippen molar-refractivity contribution in [3.63, 3.8) is 0 Å². The van der Waals surface area contributed by atoms with Crippen LogP contribution >= 0.6 is 0 Å². The van der Waals surface area contributed by atoms with Crippen molar-refractivity contribution in [2.45, 2.75) is 39.2 Å². The van der Waals surface area contributed by atoms with E-state index in [1.54, 1.807) is 7.05 Å². The number of aliphatic imine (C=N–C) groups is 1. The fourth-order valence-electron chi connectivity index (χ4n) is 2.16. The number of guanidine groups is 1. The van der Waals surface area contributed by atoms with Crippen LogP contribution in [0.1, 0.15) is 31.4 Å². The third kappa shape index (κ3) is 8.59. The third-order valence-corrected chi connectivity index (χ3v) is 4.64. The van der Waals surface area contributed by atoms with Crippen LogP contribution in [-0.4, -0.2) is 46.0 Å². The SMILES string of the molecule is CCc1ccc(CCNC(=NC)NC(C)CCS(C)(=O)=O)cc1. The van der Waals surface area contributed by atoms with Gasteiger partial charge in [-0.1, -0.05) is 31.2 Å². The van der Waals surface area contributed by atoms with E-state index in [9.17, 15) is 8.42 Å². The summed E-state index contributed by atoms with van der Waals surface area (Å²) in [5, 5.41) is 6.48. The molecule has 1 aromatic carbocycles. The summed E-state index contributed by atoms with van der Waals surface area (Å²) < 4.78 is 22.4. The van der Waals surface area contributed by atoms with E-state index in [-0.39, 0.29) is 11.8 Å². The highest BCUT2D eigenvalue weighted by Crippen LogP contribution is 2.05. The van der Waals surface area contributed by atoms with Crippen molar-refractivity contribution < 1.29 is 8.42 Å². The summed E-state index contributed by atoms with van der Waals surface area (Å²) in [6.07, 6.45) is 3.80. The molecule has 0 aliphatic carbocycles. The Labute approximate surface area is 140 Å². The molecule has 1 aromatic rings. The van der Waals surface area contributed by atoms with Crippen LogP contribution in [0.2, 0.25) is 0 Å². The van der Waals surface area contributed by atoms with Crippen molar-refractivity contribution >= 4 is 15.8 Å². The predicted molar refractivity (Wildman–Crippen MR) is 97.8 cm³/mol. The van der Waals surface area contributed by atoms with Crippen molar-refractivity contribution in [3.8, 4) is 0 Å². The summed E-state index contributed by atoms with van der Waals surface area (Å²) in [5.41, 5.74) is 2.63.